The van der Waals surface area contributed by atoms with Crippen molar-refractivity contribution < 1.29 is 24.2 Å². The molecule has 8 heteroatoms. The molecule has 2 aromatic rings. The van der Waals surface area contributed by atoms with E-state index in [2.05, 4.69) is 10.6 Å². The highest BCUT2D eigenvalue weighted by molar-refractivity contribution is 6.31. The average Bonchev–Trinajstić information content (AvgIpc) is 3.63. The van der Waals surface area contributed by atoms with E-state index in [4.69, 9.17) is 21.4 Å². The largest absolute Gasteiger partial charge is 0.490 e. The molecule has 2 atom stereocenters. The lowest BCUT2D eigenvalue weighted by Crippen LogP contribution is -2.35. The molecule has 34 heavy (non-hydrogen) atoms. The minimum atomic E-state index is -0.734. The van der Waals surface area contributed by atoms with Crippen molar-refractivity contribution >= 4 is 29.4 Å². The molecule has 0 saturated heterocycles. The summed E-state index contributed by atoms with van der Waals surface area (Å²) in [5, 5.41) is 15.5. The Bertz CT molecular complexity index is 1030. The van der Waals surface area contributed by atoms with Crippen LogP contribution in [-0.2, 0) is 9.59 Å². The van der Waals surface area contributed by atoms with Crippen molar-refractivity contribution in [1.82, 2.24) is 10.6 Å². The SMILES string of the molecule is O=C(NCCNC(=O)[C@H]1C[C@@H]1c1ccccc1Cl)c1ccc(O[C@H]2CC[C@@H](C(=O)O)CC2)cc1. The van der Waals surface area contributed by atoms with Crippen molar-refractivity contribution in [2.24, 2.45) is 11.8 Å². The maximum absolute atomic E-state index is 12.4. The van der Waals surface area contributed by atoms with Crippen LogP contribution in [0.15, 0.2) is 48.5 Å². The fourth-order valence-electron chi connectivity index (χ4n) is 4.50. The van der Waals surface area contributed by atoms with Crippen molar-refractivity contribution in [2.45, 2.75) is 44.1 Å². The molecular formula is C26H29ClN2O5. The number of amides is 2. The zero-order chi connectivity index (χ0) is 24.1. The van der Waals surface area contributed by atoms with Crippen LogP contribution < -0.4 is 15.4 Å². The van der Waals surface area contributed by atoms with Gasteiger partial charge in [-0.05, 0) is 73.9 Å². The van der Waals surface area contributed by atoms with Crippen LogP contribution in [0.1, 0.15) is 53.9 Å². The normalized spacial score (nSPS) is 23.6. The first-order valence-corrected chi connectivity index (χ1v) is 12.1. The molecule has 0 heterocycles. The quantitative estimate of drug-likeness (QED) is 0.466. The number of rotatable bonds is 9. The van der Waals surface area contributed by atoms with Gasteiger partial charge in [-0.15, -0.1) is 0 Å². The lowest BCUT2D eigenvalue weighted by molar-refractivity contribution is -0.143. The summed E-state index contributed by atoms with van der Waals surface area (Å²) < 4.78 is 5.94. The Morgan fingerprint density at radius 2 is 1.62 bits per heavy atom. The lowest BCUT2D eigenvalue weighted by atomic mass is 9.87. The minimum absolute atomic E-state index is 0.00266. The van der Waals surface area contributed by atoms with Gasteiger partial charge in [0.05, 0.1) is 12.0 Å². The molecule has 0 aliphatic heterocycles. The van der Waals surface area contributed by atoms with Gasteiger partial charge in [0.15, 0.2) is 0 Å². The van der Waals surface area contributed by atoms with Gasteiger partial charge in [0.2, 0.25) is 5.91 Å². The zero-order valence-corrected chi connectivity index (χ0v) is 19.6. The predicted octanol–water partition coefficient (Wildman–Crippen LogP) is 4.01. The van der Waals surface area contributed by atoms with Crippen molar-refractivity contribution in [3.05, 3.63) is 64.7 Å². The molecular weight excluding hydrogens is 456 g/mol. The fraction of sp³-hybridized carbons (Fsp3) is 0.423. The van der Waals surface area contributed by atoms with Gasteiger partial charge in [-0.3, -0.25) is 14.4 Å². The Morgan fingerprint density at radius 3 is 2.29 bits per heavy atom. The highest BCUT2D eigenvalue weighted by Crippen LogP contribution is 2.49. The fourth-order valence-corrected chi connectivity index (χ4v) is 4.78. The second kappa shape index (κ2) is 10.9. The summed E-state index contributed by atoms with van der Waals surface area (Å²) in [6, 6.07) is 14.5. The number of aliphatic carboxylic acids is 1. The first-order chi connectivity index (χ1) is 16.4. The van der Waals surface area contributed by atoms with Crippen molar-refractivity contribution in [3.8, 4) is 5.75 Å². The van der Waals surface area contributed by atoms with Crippen molar-refractivity contribution in [2.75, 3.05) is 13.1 Å². The minimum Gasteiger partial charge on any atom is -0.490 e. The van der Waals surface area contributed by atoms with Gasteiger partial charge in [-0.2, -0.15) is 0 Å². The molecule has 2 fully saturated rings. The van der Waals surface area contributed by atoms with Crippen LogP contribution in [0.25, 0.3) is 0 Å². The van der Waals surface area contributed by atoms with Crippen LogP contribution in [0.5, 0.6) is 5.75 Å². The molecule has 0 aromatic heterocycles. The first kappa shape index (κ1) is 24.1. The van der Waals surface area contributed by atoms with E-state index in [-0.39, 0.29) is 35.7 Å². The van der Waals surface area contributed by atoms with Gasteiger partial charge in [0.25, 0.3) is 5.91 Å². The number of benzene rings is 2. The smallest absolute Gasteiger partial charge is 0.306 e. The number of nitrogens with one attached hydrogen (secondary N) is 2. The number of hydrogen-bond donors (Lipinski definition) is 3. The maximum Gasteiger partial charge on any atom is 0.306 e. The number of carbonyl (C=O) groups is 3. The van der Waals surface area contributed by atoms with Gasteiger partial charge in [-0.1, -0.05) is 29.8 Å². The van der Waals surface area contributed by atoms with E-state index >= 15 is 0 Å². The van der Waals surface area contributed by atoms with E-state index in [1.807, 2.05) is 24.3 Å². The molecule has 0 unspecified atom stereocenters. The van der Waals surface area contributed by atoms with E-state index in [0.29, 0.717) is 55.1 Å². The van der Waals surface area contributed by atoms with Crippen LogP contribution in [0, 0.1) is 11.8 Å². The third kappa shape index (κ3) is 6.08. The van der Waals surface area contributed by atoms with E-state index in [9.17, 15) is 14.4 Å². The van der Waals surface area contributed by atoms with Gasteiger partial charge in [0.1, 0.15) is 5.75 Å². The molecule has 2 saturated carbocycles. The molecule has 180 valence electrons. The van der Waals surface area contributed by atoms with Crippen LogP contribution in [-0.4, -0.2) is 42.1 Å². The number of halogens is 1. The summed E-state index contributed by atoms with van der Waals surface area (Å²) in [4.78, 5) is 35.8. The number of carboxylic acid groups (broad SMARTS) is 1. The Kier molecular flexibility index (Phi) is 7.73. The lowest BCUT2D eigenvalue weighted by Gasteiger charge is -2.26. The van der Waals surface area contributed by atoms with E-state index < -0.39 is 5.97 Å². The van der Waals surface area contributed by atoms with Gasteiger partial charge >= 0.3 is 5.97 Å². The van der Waals surface area contributed by atoms with Crippen LogP contribution in [0.4, 0.5) is 0 Å². The highest BCUT2D eigenvalue weighted by Gasteiger charge is 2.44. The number of carboxylic acids is 1. The highest BCUT2D eigenvalue weighted by atomic mass is 35.5. The van der Waals surface area contributed by atoms with Crippen LogP contribution >= 0.6 is 11.6 Å². The molecule has 2 aromatic carbocycles. The summed E-state index contributed by atoms with van der Waals surface area (Å²) in [7, 11) is 0. The third-order valence-corrected chi connectivity index (χ3v) is 6.93. The summed E-state index contributed by atoms with van der Waals surface area (Å²) in [6.07, 6.45) is 3.46. The number of hydrogen-bond acceptors (Lipinski definition) is 4. The standard InChI is InChI=1S/C26H29ClN2O5/c27-23-4-2-1-3-20(23)21-15-22(21)25(31)29-14-13-28-24(30)16-5-9-18(10-6-16)34-19-11-7-17(8-12-19)26(32)33/h1-6,9-10,17,19,21-22H,7-8,11-15H2,(H,28,30)(H,29,31)(H,32,33)/t17-,19+,21-,22+/m1/s1. The van der Waals surface area contributed by atoms with Crippen LogP contribution in [0.2, 0.25) is 5.02 Å². The van der Waals surface area contributed by atoms with Crippen molar-refractivity contribution in [3.63, 3.8) is 0 Å². The van der Waals surface area contributed by atoms with Gasteiger partial charge in [0, 0.05) is 29.6 Å². The van der Waals surface area contributed by atoms with Crippen molar-refractivity contribution in [1.29, 1.82) is 0 Å². The third-order valence-electron chi connectivity index (χ3n) is 6.58. The van der Waals surface area contributed by atoms with Gasteiger partial charge in [-0.25, -0.2) is 0 Å². The van der Waals surface area contributed by atoms with Crippen LogP contribution in [0.3, 0.4) is 0 Å². The molecule has 0 spiro atoms. The zero-order valence-electron chi connectivity index (χ0n) is 18.8. The Hall–Kier alpha value is -3.06. The maximum atomic E-state index is 12.4. The molecule has 2 amide bonds. The predicted molar refractivity (Wildman–Crippen MR) is 128 cm³/mol. The first-order valence-electron chi connectivity index (χ1n) is 11.7. The van der Waals surface area contributed by atoms with E-state index in [1.54, 1.807) is 24.3 Å². The molecule has 0 radical (unpaired) electrons. The molecule has 4 rings (SSSR count). The van der Waals surface area contributed by atoms with E-state index in [1.165, 1.54) is 0 Å². The topological polar surface area (TPSA) is 105 Å². The van der Waals surface area contributed by atoms with Gasteiger partial charge < -0.3 is 20.5 Å². The summed E-state index contributed by atoms with van der Waals surface area (Å²) >= 11 is 6.22. The average molecular weight is 485 g/mol. The molecule has 0 bridgehead atoms. The summed E-state index contributed by atoms with van der Waals surface area (Å²) in [5.41, 5.74) is 1.52. The second-order valence-corrected chi connectivity index (χ2v) is 9.38. The molecule has 2 aliphatic rings. The summed E-state index contributed by atoms with van der Waals surface area (Å²) in [5.74, 6) is -0.481. The molecule has 2 aliphatic carbocycles. The number of ether oxygens (including phenoxy) is 1. The Morgan fingerprint density at radius 1 is 0.941 bits per heavy atom. The Balaban J connectivity index is 1.15. The Labute approximate surface area is 203 Å². The second-order valence-electron chi connectivity index (χ2n) is 8.97. The monoisotopic (exact) mass is 484 g/mol. The summed E-state index contributed by atoms with van der Waals surface area (Å²) in [6.45, 7) is 0.690. The molecule has 3 N–H and O–H groups in total. The number of carbonyl (C=O) groups excluding carboxylic acids is 2. The van der Waals surface area contributed by atoms with E-state index in [0.717, 1.165) is 12.0 Å². The molecule has 7 nitrogen and oxygen atoms in total.